The smallest absolute Gasteiger partial charge is 0.119 e. The highest BCUT2D eigenvalue weighted by Gasteiger charge is 2.24. The first-order chi connectivity index (χ1) is 8.06. The second-order valence-electron chi connectivity index (χ2n) is 5.31. The van der Waals surface area contributed by atoms with E-state index in [0.29, 0.717) is 0 Å². The Kier molecular flexibility index (Phi) is 3.43. The van der Waals surface area contributed by atoms with Crippen molar-refractivity contribution in [2.45, 2.75) is 32.4 Å². The molecular formula is C13H20N4. The van der Waals surface area contributed by atoms with Crippen molar-refractivity contribution in [1.29, 1.82) is 0 Å². The molecule has 4 heteroatoms. The number of pyridine rings is 1. The topological polar surface area (TPSA) is 49.3 Å². The Bertz CT molecular complexity index is 392. The van der Waals surface area contributed by atoms with Gasteiger partial charge in [-0.3, -0.25) is 9.98 Å². The van der Waals surface area contributed by atoms with Crippen molar-refractivity contribution in [2.24, 2.45) is 4.99 Å². The molecule has 0 spiro atoms. The molecule has 2 rings (SSSR count). The number of amidine groups is 1. The third kappa shape index (κ3) is 3.27. The van der Waals surface area contributed by atoms with Crippen LogP contribution in [0.5, 0.6) is 0 Å². The number of hydrogen-bond acceptors (Lipinski definition) is 4. The summed E-state index contributed by atoms with van der Waals surface area (Å²) in [6, 6.07) is 4.22. The lowest BCUT2D eigenvalue weighted by Gasteiger charge is -2.31. The van der Waals surface area contributed by atoms with Gasteiger partial charge in [0.15, 0.2) is 0 Å². The van der Waals surface area contributed by atoms with Crippen molar-refractivity contribution in [1.82, 2.24) is 15.6 Å². The molecule has 0 saturated heterocycles. The number of aliphatic imine (C=N–C) groups is 1. The van der Waals surface area contributed by atoms with Gasteiger partial charge in [0.1, 0.15) is 5.84 Å². The Morgan fingerprint density at radius 2 is 2.00 bits per heavy atom. The van der Waals surface area contributed by atoms with Gasteiger partial charge in [-0.15, -0.1) is 0 Å². The van der Waals surface area contributed by atoms with Gasteiger partial charge in [-0.05, 0) is 38.5 Å². The highest BCUT2D eigenvalue weighted by atomic mass is 15.1. The molecule has 92 valence electrons. The highest BCUT2D eigenvalue weighted by Crippen LogP contribution is 2.16. The van der Waals surface area contributed by atoms with E-state index in [2.05, 4.69) is 41.4 Å². The lowest BCUT2D eigenvalue weighted by Crippen LogP contribution is -2.49. The molecule has 1 aliphatic rings. The Labute approximate surface area is 103 Å². The van der Waals surface area contributed by atoms with Gasteiger partial charge in [0.2, 0.25) is 0 Å². The van der Waals surface area contributed by atoms with E-state index in [4.69, 9.17) is 0 Å². The second-order valence-corrected chi connectivity index (χ2v) is 5.31. The molecule has 1 aliphatic heterocycles. The second kappa shape index (κ2) is 4.84. The van der Waals surface area contributed by atoms with Crippen LogP contribution in [0.1, 0.15) is 32.4 Å². The molecule has 0 aliphatic carbocycles. The molecule has 1 atom stereocenters. The van der Waals surface area contributed by atoms with Crippen molar-refractivity contribution in [3.63, 3.8) is 0 Å². The molecule has 0 fully saturated rings. The third-order valence-corrected chi connectivity index (χ3v) is 2.56. The molecule has 0 bridgehead atoms. The lowest BCUT2D eigenvalue weighted by molar-refractivity contribution is 0.483. The SMILES string of the molecule is CC(C)(C)NC1=NCCNC1c1ccncc1. The molecule has 1 aromatic heterocycles. The average Bonchev–Trinajstić information content (AvgIpc) is 2.29. The molecular weight excluding hydrogens is 212 g/mol. The average molecular weight is 232 g/mol. The number of nitrogens with one attached hydrogen (secondary N) is 2. The minimum atomic E-state index is 0.0309. The molecule has 0 amide bonds. The normalized spacial score (nSPS) is 20.9. The fourth-order valence-corrected chi connectivity index (χ4v) is 1.90. The van der Waals surface area contributed by atoms with Crippen molar-refractivity contribution in [2.75, 3.05) is 13.1 Å². The van der Waals surface area contributed by atoms with Crippen molar-refractivity contribution in [3.05, 3.63) is 30.1 Å². The lowest BCUT2D eigenvalue weighted by atomic mass is 10.0. The van der Waals surface area contributed by atoms with Crippen LogP contribution in [0.3, 0.4) is 0 Å². The summed E-state index contributed by atoms with van der Waals surface area (Å²) in [5.41, 5.74) is 1.23. The Morgan fingerprint density at radius 1 is 1.29 bits per heavy atom. The molecule has 17 heavy (non-hydrogen) atoms. The third-order valence-electron chi connectivity index (χ3n) is 2.56. The van der Waals surface area contributed by atoms with Crippen LogP contribution in [0, 0.1) is 0 Å². The summed E-state index contributed by atoms with van der Waals surface area (Å²) in [4.78, 5) is 8.65. The van der Waals surface area contributed by atoms with Gasteiger partial charge in [-0.2, -0.15) is 0 Å². The largest absolute Gasteiger partial charge is 0.368 e. The van der Waals surface area contributed by atoms with E-state index >= 15 is 0 Å². The predicted molar refractivity (Wildman–Crippen MR) is 70.2 cm³/mol. The van der Waals surface area contributed by atoms with Crippen molar-refractivity contribution >= 4 is 5.84 Å². The Morgan fingerprint density at radius 3 is 2.65 bits per heavy atom. The summed E-state index contributed by atoms with van der Waals surface area (Å²) < 4.78 is 0. The van der Waals surface area contributed by atoms with E-state index in [1.54, 1.807) is 0 Å². The Hall–Kier alpha value is -1.42. The number of rotatable bonds is 1. The van der Waals surface area contributed by atoms with Crippen LogP contribution in [-0.2, 0) is 0 Å². The van der Waals surface area contributed by atoms with Crippen LogP contribution >= 0.6 is 0 Å². The molecule has 2 heterocycles. The molecule has 0 aromatic carbocycles. The minimum absolute atomic E-state index is 0.0309. The maximum atomic E-state index is 4.60. The molecule has 1 aromatic rings. The van der Waals surface area contributed by atoms with Gasteiger partial charge in [-0.1, -0.05) is 0 Å². The van der Waals surface area contributed by atoms with Crippen molar-refractivity contribution in [3.8, 4) is 0 Å². The maximum absolute atomic E-state index is 4.60. The molecule has 0 radical (unpaired) electrons. The van der Waals surface area contributed by atoms with Crippen LogP contribution in [0.2, 0.25) is 0 Å². The summed E-state index contributed by atoms with van der Waals surface area (Å²) in [5.74, 6) is 1.02. The number of nitrogens with zero attached hydrogens (tertiary/aromatic N) is 2. The standard InChI is InChI=1S/C13H20N4/c1-13(2,3)17-12-11(15-8-9-16-12)10-4-6-14-7-5-10/h4-7,11,15H,8-9H2,1-3H3,(H,16,17). The monoisotopic (exact) mass is 232 g/mol. The van der Waals surface area contributed by atoms with E-state index in [9.17, 15) is 0 Å². The zero-order valence-corrected chi connectivity index (χ0v) is 10.7. The maximum Gasteiger partial charge on any atom is 0.119 e. The fraction of sp³-hybridized carbons (Fsp3) is 0.538. The predicted octanol–water partition coefficient (Wildman–Crippen LogP) is 1.51. The van der Waals surface area contributed by atoms with Gasteiger partial charge >= 0.3 is 0 Å². The summed E-state index contributed by atoms with van der Waals surface area (Å²) in [6.45, 7) is 8.19. The van der Waals surface area contributed by atoms with Crippen LogP contribution < -0.4 is 10.6 Å². The van der Waals surface area contributed by atoms with E-state index in [1.807, 2.05) is 24.5 Å². The van der Waals surface area contributed by atoms with Crippen LogP contribution in [0.4, 0.5) is 0 Å². The minimum Gasteiger partial charge on any atom is -0.368 e. The molecule has 4 nitrogen and oxygen atoms in total. The van der Waals surface area contributed by atoms with Crippen LogP contribution in [0.15, 0.2) is 29.5 Å². The molecule has 2 N–H and O–H groups in total. The van der Waals surface area contributed by atoms with Crippen LogP contribution in [-0.4, -0.2) is 29.4 Å². The van der Waals surface area contributed by atoms with Gasteiger partial charge in [-0.25, -0.2) is 0 Å². The highest BCUT2D eigenvalue weighted by molar-refractivity contribution is 5.89. The van der Waals surface area contributed by atoms with Gasteiger partial charge in [0, 0.05) is 24.5 Å². The zero-order valence-electron chi connectivity index (χ0n) is 10.7. The first-order valence-electron chi connectivity index (χ1n) is 6.02. The number of hydrogen-bond donors (Lipinski definition) is 2. The van der Waals surface area contributed by atoms with Gasteiger partial charge in [0.05, 0.1) is 12.6 Å². The van der Waals surface area contributed by atoms with Gasteiger partial charge < -0.3 is 10.6 Å². The van der Waals surface area contributed by atoms with E-state index < -0.39 is 0 Å². The summed E-state index contributed by atoms with van der Waals surface area (Å²) in [5, 5.41) is 6.96. The summed E-state index contributed by atoms with van der Waals surface area (Å²) >= 11 is 0. The summed E-state index contributed by atoms with van der Waals surface area (Å²) in [7, 11) is 0. The van der Waals surface area contributed by atoms with E-state index in [0.717, 1.165) is 18.9 Å². The molecule has 1 unspecified atom stereocenters. The first-order valence-corrected chi connectivity index (χ1v) is 6.02. The fourth-order valence-electron chi connectivity index (χ4n) is 1.90. The molecule has 0 saturated carbocycles. The van der Waals surface area contributed by atoms with Crippen molar-refractivity contribution < 1.29 is 0 Å². The number of aromatic nitrogens is 1. The van der Waals surface area contributed by atoms with E-state index in [1.165, 1.54) is 5.56 Å². The zero-order chi connectivity index (χ0) is 12.3. The quantitative estimate of drug-likeness (QED) is 0.771. The van der Waals surface area contributed by atoms with Gasteiger partial charge in [0.25, 0.3) is 0 Å². The first kappa shape index (κ1) is 12.0. The Balaban J connectivity index is 2.21. The van der Waals surface area contributed by atoms with Crippen LogP contribution in [0.25, 0.3) is 0 Å². The summed E-state index contributed by atoms with van der Waals surface area (Å²) in [6.07, 6.45) is 3.64. The van der Waals surface area contributed by atoms with E-state index in [-0.39, 0.29) is 11.6 Å².